The highest BCUT2D eigenvalue weighted by molar-refractivity contribution is 6.08. The maximum absolute atomic E-state index is 13.0. The summed E-state index contributed by atoms with van der Waals surface area (Å²) in [6.45, 7) is 6.33. The number of fused-ring (bicyclic) bond motifs is 3. The topological polar surface area (TPSA) is 59.8 Å². The van der Waals surface area contributed by atoms with Crippen molar-refractivity contribution in [3.05, 3.63) is 89.6 Å². The number of nitrogens with one attached hydrogen (secondary N) is 1. The lowest BCUT2D eigenvalue weighted by Gasteiger charge is -2.09. The van der Waals surface area contributed by atoms with Crippen LogP contribution in [0.2, 0.25) is 0 Å². The smallest absolute Gasteiger partial charge is 0.246 e. The third kappa shape index (κ3) is 4.10. The first kappa shape index (κ1) is 20.9. The van der Waals surface area contributed by atoms with Crippen molar-refractivity contribution in [2.75, 3.05) is 5.32 Å². The molecule has 5 heteroatoms. The van der Waals surface area contributed by atoms with Crippen molar-refractivity contribution in [1.29, 1.82) is 0 Å². The van der Waals surface area contributed by atoms with E-state index in [1.54, 1.807) is 0 Å². The Morgan fingerprint density at radius 2 is 1.76 bits per heavy atom. The molecule has 0 unspecified atom stereocenters. The number of pyridine rings is 1. The second-order valence-corrected chi connectivity index (χ2v) is 8.52. The zero-order valence-electron chi connectivity index (χ0n) is 19.1. The number of amides is 1. The number of aromatic nitrogens is 3. The minimum atomic E-state index is -0.114. The Kier molecular flexibility index (Phi) is 5.38. The van der Waals surface area contributed by atoms with E-state index >= 15 is 0 Å². The molecule has 1 amide bonds. The molecule has 0 radical (unpaired) electrons. The highest BCUT2D eigenvalue weighted by atomic mass is 16.2. The molecule has 2 aromatic heterocycles. The molecular formula is C28H26N4O. The van der Waals surface area contributed by atoms with E-state index in [2.05, 4.69) is 55.6 Å². The van der Waals surface area contributed by atoms with Gasteiger partial charge in [0.1, 0.15) is 12.2 Å². The number of carbonyl (C=O) groups excluding carboxylic acids is 1. The van der Waals surface area contributed by atoms with Crippen LogP contribution >= 0.6 is 0 Å². The Morgan fingerprint density at radius 3 is 2.52 bits per heavy atom. The van der Waals surface area contributed by atoms with Gasteiger partial charge in [0.2, 0.25) is 5.91 Å². The molecule has 5 aromatic rings. The van der Waals surface area contributed by atoms with Crippen LogP contribution in [0.15, 0.2) is 72.9 Å². The van der Waals surface area contributed by atoms with E-state index < -0.39 is 0 Å². The van der Waals surface area contributed by atoms with Crippen LogP contribution in [0, 0.1) is 13.8 Å². The third-order valence-corrected chi connectivity index (χ3v) is 5.97. The van der Waals surface area contributed by atoms with E-state index in [1.807, 2.05) is 48.1 Å². The summed E-state index contributed by atoms with van der Waals surface area (Å²) in [6, 6.07) is 22.4. The second kappa shape index (κ2) is 8.51. The minimum absolute atomic E-state index is 0.114. The number of hydrogen-bond acceptors (Lipinski definition) is 3. The van der Waals surface area contributed by atoms with Gasteiger partial charge in [0.05, 0.1) is 11.0 Å². The van der Waals surface area contributed by atoms with Crippen LogP contribution in [-0.4, -0.2) is 20.7 Å². The summed E-state index contributed by atoms with van der Waals surface area (Å²) in [4.78, 5) is 17.7. The fraction of sp³-hybridized carbons (Fsp3) is 0.179. The van der Waals surface area contributed by atoms with E-state index in [4.69, 9.17) is 10.1 Å². The van der Waals surface area contributed by atoms with E-state index in [9.17, 15) is 4.79 Å². The van der Waals surface area contributed by atoms with Crippen molar-refractivity contribution in [2.45, 2.75) is 33.7 Å². The molecule has 33 heavy (non-hydrogen) atoms. The standard InChI is InChI=1S/C28H26N4O/c1-4-20-10-13-25-23(15-20)28-24(16-29-25)27(21-11-8-18(2)9-12-21)31-32(28)17-26(33)30-22-7-5-6-19(3)14-22/h5-16H,4,17H2,1-3H3,(H,30,33). The van der Waals surface area contributed by atoms with Gasteiger partial charge >= 0.3 is 0 Å². The number of aryl methyl sites for hydroxylation is 3. The van der Waals surface area contributed by atoms with E-state index in [0.717, 1.165) is 50.7 Å². The molecule has 0 spiro atoms. The normalized spacial score (nSPS) is 11.2. The molecule has 5 rings (SSSR count). The molecule has 5 nitrogen and oxygen atoms in total. The summed E-state index contributed by atoms with van der Waals surface area (Å²) in [6.07, 6.45) is 2.81. The Morgan fingerprint density at radius 1 is 0.939 bits per heavy atom. The van der Waals surface area contributed by atoms with E-state index in [1.165, 1.54) is 11.1 Å². The van der Waals surface area contributed by atoms with Crippen LogP contribution in [-0.2, 0) is 17.8 Å². The van der Waals surface area contributed by atoms with Crippen molar-refractivity contribution in [3.8, 4) is 11.3 Å². The molecule has 164 valence electrons. The van der Waals surface area contributed by atoms with E-state index in [-0.39, 0.29) is 12.5 Å². The number of benzene rings is 3. The summed E-state index contributed by atoms with van der Waals surface area (Å²) in [7, 11) is 0. The van der Waals surface area contributed by atoms with Crippen molar-refractivity contribution in [1.82, 2.24) is 14.8 Å². The number of rotatable bonds is 5. The molecule has 3 aromatic carbocycles. The molecule has 0 atom stereocenters. The average Bonchev–Trinajstić information content (AvgIpc) is 3.17. The molecule has 0 aliphatic heterocycles. The molecule has 0 fully saturated rings. The lowest BCUT2D eigenvalue weighted by Crippen LogP contribution is -2.19. The van der Waals surface area contributed by atoms with Gasteiger partial charge in [0.15, 0.2) is 0 Å². The fourth-order valence-electron chi connectivity index (χ4n) is 4.22. The van der Waals surface area contributed by atoms with Crippen LogP contribution in [0.3, 0.4) is 0 Å². The Hall–Kier alpha value is -3.99. The van der Waals surface area contributed by atoms with Gasteiger partial charge < -0.3 is 5.32 Å². The van der Waals surface area contributed by atoms with Crippen LogP contribution in [0.25, 0.3) is 33.1 Å². The van der Waals surface area contributed by atoms with Gasteiger partial charge in [-0.15, -0.1) is 0 Å². The highest BCUT2D eigenvalue weighted by Gasteiger charge is 2.18. The van der Waals surface area contributed by atoms with Gasteiger partial charge in [0, 0.05) is 28.2 Å². The van der Waals surface area contributed by atoms with Crippen LogP contribution in [0.1, 0.15) is 23.6 Å². The van der Waals surface area contributed by atoms with Crippen LogP contribution < -0.4 is 5.32 Å². The van der Waals surface area contributed by atoms with Crippen LogP contribution in [0.4, 0.5) is 5.69 Å². The van der Waals surface area contributed by atoms with Crippen molar-refractivity contribution in [2.24, 2.45) is 0 Å². The maximum Gasteiger partial charge on any atom is 0.246 e. The van der Waals surface area contributed by atoms with Gasteiger partial charge in [-0.1, -0.05) is 55.0 Å². The zero-order valence-corrected chi connectivity index (χ0v) is 19.1. The maximum atomic E-state index is 13.0. The molecular weight excluding hydrogens is 408 g/mol. The fourth-order valence-corrected chi connectivity index (χ4v) is 4.22. The molecule has 0 saturated carbocycles. The first-order chi connectivity index (χ1) is 16.0. The molecule has 0 saturated heterocycles. The first-order valence-electron chi connectivity index (χ1n) is 11.2. The first-order valence-corrected chi connectivity index (χ1v) is 11.2. The number of nitrogens with zero attached hydrogens (tertiary/aromatic N) is 3. The van der Waals surface area contributed by atoms with Crippen molar-refractivity contribution in [3.63, 3.8) is 0 Å². The molecule has 0 aliphatic rings. The van der Waals surface area contributed by atoms with Gasteiger partial charge in [-0.25, -0.2) is 0 Å². The molecule has 1 N–H and O–H groups in total. The number of anilines is 1. The lowest BCUT2D eigenvalue weighted by atomic mass is 10.0. The monoisotopic (exact) mass is 434 g/mol. The quantitative estimate of drug-likeness (QED) is 0.365. The highest BCUT2D eigenvalue weighted by Crippen LogP contribution is 2.32. The Labute approximate surface area is 193 Å². The largest absolute Gasteiger partial charge is 0.324 e. The minimum Gasteiger partial charge on any atom is -0.324 e. The lowest BCUT2D eigenvalue weighted by molar-refractivity contribution is -0.116. The summed E-state index contributed by atoms with van der Waals surface area (Å²) >= 11 is 0. The van der Waals surface area contributed by atoms with Gasteiger partial charge in [-0.05, 0) is 55.7 Å². The van der Waals surface area contributed by atoms with Gasteiger partial charge in [-0.3, -0.25) is 14.5 Å². The average molecular weight is 435 g/mol. The predicted molar refractivity (Wildman–Crippen MR) is 134 cm³/mol. The Bertz CT molecular complexity index is 1480. The SMILES string of the molecule is CCc1ccc2ncc3c(-c4ccc(C)cc4)nn(CC(=O)Nc4cccc(C)c4)c3c2c1. The molecule has 0 aliphatic carbocycles. The number of carbonyl (C=O) groups is 1. The Balaban J connectivity index is 1.64. The molecule has 2 heterocycles. The zero-order chi connectivity index (χ0) is 22.9. The summed E-state index contributed by atoms with van der Waals surface area (Å²) < 4.78 is 1.82. The summed E-state index contributed by atoms with van der Waals surface area (Å²) in [5.41, 5.74) is 7.99. The molecule has 0 bridgehead atoms. The van der Waals surface area contributed by atoms with Crippen molar-refractivity contribution >= 4 is 33.4 Å². The number of hydrogen-bond donors (Lipinski definition) is 1. The van der Waals surface area contributed by atoms with Gasteiger partial charge in [-0.2, -0.15) is 5.10 Å². The third-order valence-electron chi connectivity index (χ3n) is 5.97. The predicted octanol–water partition coefficient (Wildman–Crippen LogP) is 6.07. The summed E-state index contributed by atoms with van der Waals surface area (Å²) in [5.74, 6) is -0.114. The van der Waals surface area contributed by atoms with Crippen molar-refractivity contribution < 1.29 is 4.79 Å². The summed E-state index contributed by atoms with van der Waals surface area (Å²) in [5, 5.41) is 9.88. The van der Waals surface area contributed by atoms with Crippen LogP contribution in [0.5, 0.6) is 0 Å². The van der Waals surface area contributed by atoms with Gasteiger partial charge in [0.25, 0.3) is 0 Å². The van der Waals surface area contributed by atoms with E-state index in [0.29, 0.717) is 0 Å². The second-order valence-electron chi connectivity index (χ2n) is 8.52.